The minimum atomic E-state index is -4.41. The Hall–Kier alpha value is -3.36. The SMILES string of the molecule is O=C1CC[C@@H](C(=O)N(c2cc(F)cc(S(=O)(=O)NCCOCCOCCOCCOCCO)c2)C(C(=O)NC2CC(F)(F)C2)c2ccccc2Cl)N1. The summed E-state index contributed by atoms with van der Waals surface area (Å²) in [6, 6.07) is 4.73. The van der Waals surface area contributed by atoms with E-state index in [9.17, 15) is 31.6 Å². The molecule has 1 saturated heterocycles. The zero-order valence-corrected chi connectivity index (χ0v) is 29.7. The minimum absolute atomic E-state index is 0.0117. The molecular formula is C33H42ClF3N4O10S. The van der Waals surface area contributed by atoms with Crippen LogP contribution in [0.4, 0.5) is 18.9 Å². The van der Waals surface area contributed by atoms with Gasteiger partial charge in [0.05, 0.1) is 64.4 Å². The third kappa shape index (κ3) is 12.1. The van der Waals surface area contributed by atoms with Crippen molar-refractivity contribution in [2.24, 2.45) is 0 Å². The molecular weight excluding hydrogens is 737 g/mol. The van der Waals surface area contributed by atoms with Gasteiger partial charge in [0.2, 0.25) is 21.8 Å². The monoisotopic (exact) mass is 778 g/mol. The molecule has 0 bridgehead atoms. The van der Waals surface area contributed by atoms with Gasteiger partial charge in [-0.1, -0.05) is 29.8 Å². The second-order valence-corrected chi connectivity index (χ2v) is 14.2. The molecule has 0 radical (unpaired) electrons. The van der Waals surface area contributed by atoms with Gasteiger partial charge in [-0.25, -0.2) is 26.3 Å². The van der Waals surface area contributed by atoms with Gasteiger partial charge in [-0.3, -0.25) is 19.3 Å². The Kier molecular flexibility index (Phi) is 15.6. The molecule has 14 nitrogen and oxygen atoms in total. The lowest BCUT2D eigenvalue weighted by atomic mass is 9.87. The van der Waals surface area contributed by atoms with Gasteiger partial charge in [-0.05, 0) is 30.7 Å². The summed E-state index contributed by atoms with van der Waals surface area (Å²) in [6.07, 6.45) is -1.25. The number of hydrogen-bond acceptors (Lipinski definition) is 10. The highest BCUT2D eigenvalue weighted by atomic mass is 35.5. The highest BCUT2D eigenvalue weighted by Gasteiger charge is 2.48. The van der Waals surface area contributed by atoms with Crippen LogP contribution in [0.1, 0.15) is 37.3 Å². The van der Waals surface area contributed by atoms with Gasteiger partial charge in [0.15, 0.2) is 0 Å². The van der Waals surface area contributed by atoms with E-state index in [0.717, 1.165) is 23.1 Å². The molecule has 4 rings (SSSR count). The van der Waals surface area contributed by atoms with Crippen molar-refractivity contribution in [1.82, 2.24) is 15.4 Å². The normalized spacial score (nSPS) is 17.7. The molecule has 0 spiro atoms. The fourth-order valence-corrected chi connectivity index (χ4v) is 6.81. The number of nitrogens with zero attached hydrogens (tertiary/aromatic N) is 1. The average molecular weight is 779 g/mol. The summed E-state index contributed by atoms with van der Waals surface area (Å²) in [5.74, 6) is -6.29. The van der Waals surface area contributed by atoms with E-state index in [1.807, 2.05) is 0 Å². The molecule has 2 fully saturated rings. The van der Waals surface area contributed by atoms with Crippen molar-refractivity contribution < 1.29 is 60.0 Å². The number of alkyl halides is 2. The Morgan fingerprint density at radius 1 is 0.981 bits per heavy atom. The van der Waals surface area contributed by atoms with Gasteiger partial charge in [0, 0.05) is 48.1 Å². The first-order valence-electron chi connectivity index (χ1n) is 16.6. The van der Waals surface area contributed by atoms with Crippen LogP contribution in [0, 0.1) is 5.82 Å². The molecule has 2 aromatic carbocycles. The average Bonchev–Trinajstić information content (AvgIpc) is 3.52. The second kappa shape index (κ2) is 19.6. The summed E-state index contributed by atoms with van der Waals surface area (Å²) in [5, 5.41) is 13.7. The molecule has 3 amide bonds. The maximum Gasteiger partial charge on any atom is 0.252 e. The Balaban J connectivity index is 1.47. The van der Waals surface area contributed by atoms with Crippen LogP contribution in [0.3, 0.4) is 0 Å². The Morgan fingerprint density at radius 2 is 1.60 bits per heavy atom. The molecule has 288 valence electrons. The number of hydrogen-bond donors (Lipinski definition) is 4. The van der Waals surface area contributed by atoms with E-state index in [4.69, 9.17) is 35.7 Å². The first-order chi connectivity index (χ1) is 24.8. The van der Waals surface area contributed by atoms with Crippen LogP contribution in [-0.2, 0) is 43.4 Å². The van der Waals surface area contributed by atoms with Crippen molar-refractivity contribution in [3.05, 3.63) is 58.9 Å². The van der Waals surface area contributed by atoms with Crippen LogP contribution < -0.4 is 20.3 Å². The summed E-state index contributed by atoms with van der Waals surface area (Å²) in [6.45, 7) is 1.55. The molecule has 4 N–H and O–H groups in total. The summed E-state index contributed by atoms with van der Waals surface area (Å²) < 4.78 is 92.6. The van der Waals surface area contributed by atoms with Crippen molar-refractivity contribution in [3.63, 3.8) is 0 Å². The minimum Gasteiger partial charge on any atom is -0.394 e. The number of rotatable bonds is 22. The molecule has 1 saturated carbocycles. The molecule has 0 aromatic heterocycles. The second-order valence-electron chi connectivity index (χ2n) is 12.0. The lowest BCUT2D eigenvalue weighted by Gasteiger charge is -2.38. The van der Waals surface area contributed by atoms with Crippen LogP contribution in [0.2, 0.25) is 5.02 Å². The number of amides is 3. The zero-order valence-electron chi connectivity index (χ0n) is 28.2. The largest absolute Gasteiger partial charge is 0.394 e. The van der Waals surface area contributed by atoms with E-state index in [1.54, 1.807) is 6.07 Å². The first kappa shape index (κ1) is 41.4. The fraction of sp³-hybridized carbons (Fsp3) is 0.545. The van der Waals surface area contributed by atoms with Gasteiger partial charge >= 0.3 is 0 Å². The van der Waals surface area contributed by atoms with Gasteiger partial charge < -0.3 is 34.7 Å². The van der Waals surface area contributed by atoms with E-state index in [0.29, 0.717) is 26.4 Å². The maximum absolute atomic E-state index is 15.3. The number of aliphatic hydroxyl groups excluding tert-OH is 1. The standard InChI is InChI=1S/C33H42ClF3N4O10S/c34-27-4-2-1-3-26(27)30(31(44)39-23-20-33(36,37)21-23)41(32(45)28-5-6-29(43)40-28)24-17-22(35)18-25(19-24)52(46,47)38-7-9-48-11-13-50-15-16-51-14-12-49-10-8-42/h1-4,17-19,23,28,30,38,42H,5-16,20-21H2,(H,39,44)(H,40,43)/t28-,30?/m0/s1. The smallest absolute Gasteiger partial charge is 0.252 e. The number of ether oxygens (including phenoxy) is 4. The summed E-state index contributed by atoms with van der Waals surface area (Å²) in [4.78, 5) is 40.3. The Labute approximate surface area is 304 Å². The number of halogens is 4. The van der Waals surface area contributed by atoms with Crippen LogP contribution in [0.15, 0.2) is 47.4 Å². The van der Waals surface area contributed by atoms with Crippen LogP contribution in [0.25, 0.3) is 0 Å². The van der Waals surface area contributed by atoms with E-state index >= 15 is 4.39 Å². The van der Waals surface area contributed by atoms with E-state index in [-0.39, 0.29) is 68.7 Å². The topological polar surface area (TPSA) is 182 Å². The van der Waals surface area contributed by atoms with Gasteiger partial charge in [-0.2, -0.15) is 0 Å². The van der Waals surface area contributed by atoms with Gasteiger partial charge in [0.25, 0.3) is 11.8 Å². The lowest BCUT2D eigenvalue weighted by Crippen LogP contribution is -2.55. The number of nitrogens with one attached hydrogen (secondary N) is 3. The van der Waals surface area contributed by atoms with E-state index in [1.165, 1.54) is 18.2 Å². The predicted octanol–water partition coefficient (Wildman–Crippen LogP) is 2.08. The number of carbonyl (C=O) groups excluding carboxylic acids is 3. The van der Waals surface area contributed by atoms with Crippen molar-refractivity contribution in [3.8, 4) is 0 Å². The highest BCUT2D eigenvalue weighted by Crippen LogP contribution is 2.39. The van der Waals surface area contributed by atoms with Crippen LogP contribution in [-0.4, -0.2) is 115 Å². The molecule has 1 aliphatic carbocycles. The lowest BCUT2D eigenvalue weighted by molar-refractivity contribution is -0.133. The van der Waals surface area contributed by atoms with Gasteiger partial charge in [0.1, 0.15) is 17.9 Å². The first-order valence-corrected chi connectivity index (χ1v) is 18.4. The fourth-order valence-electron chi connectivity index (χ4n) is 5.51. The summed E-state index contributed by atoms with van der Waals surface area (Å²) >= 11 is 6.47. The number of sulfonamides is 1. The third-order valence-electron chi connectivity index (χ3n) is 8.01. The quantitative estimate of drug-likeness (QED) is 0.129. The zero-order chi connectivity index (χ0) is 37.7. The molecule has 2 aliphatic rings. The van der Waals surface area contributed by atoms with Crippen molar-refractivity contribution in [1.29, 1.82) is 0 Å². The van der Waals surface area contributed by atoms with E-state index in [2.05, 4.69) is 15.4 Å². The number of carbonyl (C=O) groups is 3. The summed E-state index contributed by atoms with van der Waals surface area (Å²) in [7, 11) is -4.41. The molecule has 19 heteroatoms. The highest BCUT2D eigenvalue weighted by molar-refractivity contribution is 7.89. The molecule has 1 unspecified atom stereocenters. The molecule has 1 heterocycles. The molecule has 1 aliphatic heterocycles. The number of anilines is 1. The Morgan fingerprint density at radius 3 is 2.17 bits per heavy atom. The molecule has 2 aromatic rings. The Bertz CT molecular complexity index is 1630. The third-order valence-corrected chi connectivity index (χ3v) is 9.79. The molecule has 2 atom stereocenters. The van der Waals surface area contributed by atoms with Crippen LogP contribution in [0.5, 0.6) is 0 Å². The molecule has 52 heavy (non-hydrogen) atoms. The maximum atomic E-state index is 15.3. The number of benzene rings is 2. The van der Waals surface area contributed by atoms with Crippen molar-refractivity contribution >= 4 is 45.0 Å². The number of aliphatic hydroxyl groups is 1. The summed E-state index contributed by atoms with van der Waals surface area (Å²) in [5.41, 5.74) is -0.310. The van der Waals surface area contributed by atoms with Crippen molar-refractivity contribution in [2.45, 2.75) is 54.6 Å². The van der Waals surface area contributed by atoms with Crippen LogP contribution >= 0.6 is 11.6 Å². The predicted molar refractivity (Wildman–Crippen MR) is 181 cm³/mol. The van der Waals surface area contributed by atoms with Gasteiger partial charge in [-0.15, -0.1) is 0 Å². The van der Waals surface area contributed by atoms with Crippen molar-refractivity contribution in [2.75, 3.05) is 70.9 Å². The van der Waals surface area contributed by atoms with E-state index < -0.39 is 75.3 Å².